The second-order valence-corrected chi connectivity index (χ2v) is 5.13. The molecule has 0 aromatic heterocycles. The molecule has 3 N–H and O–H groups in total. The molecule has 0 amide bonds. The Kier molecular flexibility index (Phi) is 4.29. The van der Waals surface area contributed by atoms with Gasteiger partial charge < -0.3 is 0 Å². The van der Waals surface area contributed by atoms with Crippen LogP contribution in [0.3, 0.4) is 0 Å². The summed E-state index contributed by atoms with van der Waals surface area (Å²) >= 11 is 3.10. The Morgan fingerprint density at radius 2 is 1.89 bits per heavy atom. The summed E-state index contributed by atoms with van der Waals surface area (Å²) in [6, 6.07) is 8.83. The molecule has 1 unspecified atom stereocenters. The van der Waals surface area contributed by atoms with Crippen molar-refractivity contribution >= 4 is 15.9 Å². The van der Waals surface area contributed by atoms with Crippen LogP contribution in [-0.2, 0) is 0 Å². The number of halogens is 3. The van der Waals surface area contributed by atoms with E-state index in [0.717, 1.165) is 11.1 Å². The van der Waals surface area contributed by atoms with Crippen LogP contribution >= 0.6 is 15.9 Å². The van der Waals surface area contributed by atoms with E-state index in [-0.39, 0.29) is 17.7 Å². The molecule has 0 radical (unpaired) electrons. The van der Waals surface area contributed by atoms with Crippen LogP contribution in [0.4, 0.5) is 8.78 Å². The highest BCUT2D eigenvalue weighted by molar-refractivity contribution is 9.10. The van der Waals surface area contributed by atoms with Gasteiger partial charge in [0.1, 0.15) is 11.6 Å². The van der Waals surface area contributed by atoms with Crippen LogP contribution in [0.2, 0.25) is 0 Å². The maximum atomic E-state index is 13.6. The lowest BCUT2D eigenvalue weighted by atomic mass is 9.95. The molecule has 0 heterocycles. The van der Waals surface area contributed by atoms with Crippen molar-refractivity contribution in [3.63, 3.8) is 0 Å². The zero-order chi connectivity index (χ0) is 14.0. The highest BCUT2D eigenvalue weighted by atomic mass is 79.9. The average Bonchev–Trinajstić information content (AvgIpc) is 2.37. The molecular weight excluding hydrogens is 314 g/mol. The van der Waals surface area contributed by atoms with E-state index >= 15 is 0 Å². The number of hydrazine groups is 1. The fourth-order valence-corrected chi connectivity index (χ4v) is 2.27. The normalized spacial score (nSPS) is 12.5. The molecule has 0 aliphatic carbocycles. The van der Waals surface area contributed by atoms with E-state index in [4.69, 9.17) is 5.84 Å². The van der Waals surface area contributed by atoms with Crippen LogP contribution in [0.5, 0.6) is 0 Å². The Morgan fingerprint density at radius 1 is 1.16 bits per heavy atom. The largest absolute Gasteiger partial charge is 0.271 e. The molecule has 19 heavy (non-hydrogen) atoms. The van der Waals surface area contributed by atoms with Gasteiger partial charge in [0.05, 0.1) is 10.5 Å². The van der Waals surface area contributed by atoms with Crippen molar-refractivity contribution in [3.05, 3.63) is 69.2 Å². The van der Waals surface area contributed by atoms with Crippen LogP contribution in [-0.4, -0.2) is 0 Å². The van der Waals surface area contributed by atoms with Crippen LogP contribution < -0.4 is 11.3 Å². The molecule has 2 aromatic rings. The van der Waals surface area contributed by atoms with E-state index in [1.165, 1.54) is 18.2 Å². The SMILES string of the molecule is Cc1cc(F)ccc1C(NN)c1ccc(Br)c(F)c1. The van der Waals surface area contributed by atoms with Gasteiger partial charge in [0, 0.05) is 0 Å². The van der Waals surface area contributed by atoms with E-state index in [1.807, 2.05) is 0 Å². The number of benzene rings is 2. The van der Waals surface area contributed by atoms with Crippen molar-refractivity contribution in [2.24, 2.45) is 5.84 Å². The maximum Gasteiger partial charge on any atom is 0.137 e. The van der Waals surface area contributed by atoms with Crippen molar-refractivity contribution in [2.75, 3.05) is 0 Å². The van der Waals surface area contributed by atoms with Gasteiger partial charge in [-0.2, -0.15) is 0 Å². The second kappa shape index (κ2) is 5.77. The first kappa shape index (κ1) is 14.1. The zero-order valence-electron chi connectivity index (χ0n) is 10.3. The molecule has 1 atom stereocenters. The van der Waals surface area contributed by atoms with Crippen LogP contribution in [0.15, 0.2) is 40.9 Å². The van der Waals surface area contributed by atoms with Gasteiger partial charge in [-0.15, -0.1) is 0 Å². The molecule has 0 spiro atoms. The third kappa shape index (κ3) is 3.00. The third-order valence-electron chi connectivity index (χ3n) is 2.99. The van der Waals surface area contributed by atoms with Gasteiger partial charge in [0.25, 0.3) is 0 Å². The minimum Gasteiger partial charge on any atom is -0.271 e. The fraction of sp³-hybridized carbons (Fsp3) is 0.143. The summed E-state index contributed by atoms with van der Waals surface area (Å²) in [5.41, 5.74) is 4.88. The molecule has 0 saturated heterocycles. The first-order chi connectivity index (χ1) is 9.02. The van der Waals surface area contributed by atoms with Crippen molar-refractivity contribution in [1.29, 1.82) is 0 Å². The first-order valence-electron chi connectivity index (χ1n) is 5.70. The van der Waals surface area contributed by atoms with Crippen LogP contribution in [0.1, 0.15) is 22.7 Å². The number of nitrogens with two attached hydrogens (primary N) is 1. The second-order valence-electron chi connectivity index (χ2n) is 4.27. The van der Waals surface area contributed by atoms with E-state index in [2.05, 4.69) is 21.4 Å². The number of nitrogens with one attached hydrogen (secondary N) is 1. The number of aryl methyl sites for hydroxylation is 1. The topological polar surface area (TPSA) is 38.0 Å². The lowest BCUT2D eigenvalue weighted by Gasteiger charge is -2.19. The van der Waals surface area contributed by atoms with Gasteiger partial charge in [-0.25, -0.2) is 14.2 Å². The van der Waals surface area contributed by atoms with Crippen molar-refractivity contribution in [1.82, 2.24) is 5.43 Å². The predicted molar refractivity (Wildman–Crippen MR) is 74.4 cm³/mol. The van der Waals surface area contributed by atoms with Gasteiger partial charge in [0.15, 0.2) is 0 Å². The Hall–Kier alpha value is -1.30. The quantitative estimate of drug-likeness (QED) is 0.668. The number of hydrogen-bond acceptors (Lipinski definition) is 2. The fourth-order valence-electron chi connectivity index (χ4n) is 2.02. The minimum absolute atomic E-state index is 0.306. The van der Waals surface area contributed by atoms with Gasteiger partial charge in [0.2, 0.25) is 0 Å². The van der Waals surface area contributed by atoms with Crippen molar-refractivity contribution < 1.29 is 8.78 Å². The standard InChI is InChI=1S/C14H13BrF2N2/c1-8-6-10(16)3-4-11(8)14(19-18)9-2-5-12(15)13(17)7-9/h2-7,14,19H,18H2,1H3. The monoisotopic (exact) mass is 326 g/mol. The molecule has 2 rings (SSSR count). The Labute approximate surface area is 118 Å². The van der Waals surface area contributed by atoms with Crippen molar-refractivity contribution in [2.45, 2.75) is 13.0 Å². The van der Waals surface area contributed by atoms with Gasteiger partial charge in [-0.05, 0) is 63.8 Å². The molecule has 0 fully saturated rings. The van der Waals surface area contributed by atoms with Gasteiger partial charge in [-0.3, -0.25) is 5.84 Å². The summed E-state index contributed by atoms with van der Waals surface area (Å²) in [5, 5.41) is 0. The Morgan fingerprint density at radius 3 is 2.47 bits per heavy atom. The summed E-state index contributed by atoms with van der Waals surface area (Å²) in [7, 11) is 0. The van der Waals surface area contributed by atoms with E-state index in [9.17, 15) is 8.78 Å². The maximum absolute atomic E-state index is 13.6. The molecule has 0 aliphatic rings. The number of hydrogen-bond donors (Lipinski definition) is 2. The Bertz CT molecular complexity index is 602. The molecule has 2 nitrogen and oxygen atoms in total. The predicted octanol–water partition coefficient (Wildman–Crippen LogP) is 3.59. The van der Waals surface area contributed by atoms with E-state index in [1.54, 1.807) is 25.1 Å². The summed E-state index contributed by atoms with van der Waals surface area (Å²) in [6.07, 6.45) is 0. The lowest BCUT2D eigenvalue weighted by molar-refractivity contribution is 0.595. The molecule has 0 saturated carbocycles. The smallest absolute Gasteiger partial charge is 0.137 e. The van der Waals surface area contributed by atoms with Crippen LogP contribution in [0, 0.1) is 18.6 Å². The molecule has 0 aliphatic heterocycles. The lowest BCUT2D eigenvalue weighted by Crippen LogP contribution is -2.29. The molecular formula is C14H13BrF2N2. The van der Waals surface area contributed by atoms with Gasteiger partial charge in [-0.1, -0.05) is 12.1 Å². The first-order valence-corrected chi connectivity index (χ1v) is 6.49. The van der Waals surface area contributed by atoms with Crippen LogP contribution in [0.25, 0.3) is 0 Å². The highest BCUT2D eigenvalue weighted by Gasteiger charge is 2.16. The highest BCUT2D eigenvalue weighted by Crippen LogP contribution is 2.27. The summed E-state index contributed by atoms with van der Waals surface area (Å²) in [6.45, 7) is 1.79. The summed E-state index contributed by atoms with van der Waals surface area (Å²) < 4.78 is 27.1. The summed E-state index contributed by atoms with van der Waals surface area (Å²) in [5.74, 6) is 4.88. The summed E-state index contributed by atoms with van der Waals surface area (Å²) in [4.78, 5) is 0. The molecule has 100 valence electrons. The third-order valence-corrected chi connectivity index (χ3v) is 3.63. The molecule has 5 heteroatoms. The van der Waals surface area contributed by atoms with Crippen molar-refractivity contribution in [3.8, 4) is 0 Å². The Balaban J connectivity index is 2.46. The average molecular weight is 327 g/mol. The van der Waals surface area contributed by atoms with Gasteiger partial charge >= 0.3 is 0 Å². The molecule has 0 bridgehead atoms. The minimum atomic E-state index is -0.386. The van der Waals surface area contributed by atoms with E-state index < -0.39 is 0 Å². The van der Waals surface area contributed by atoms with E-state index in [0.29, 0.717) is 10.0 Å². The number of rotatable bonds is 3. The zero-order valence-corrected chi connectivity index (χ0v) is 11.8. The molecule has 2 aromatic carbocycles.